The third-order valence-corrected chi connectivity index (χ3v) is 4.28. The lowest BCUT2D eigenvalue weighted by Gasteiger charge is -2.32. The molecule has 7 heteroatoms. The van der Waals surface area contributed by atoms with Crippen molar-refractivity contribution in [3.05, 3.63) is 47.3 Å². The van der Waals surface area contributed by atoms with E-state index in [4.69, 9.17) is 0 Å². The highest BCUT2D eigenvalue weighted by molar-refractivity contribution is 5.46. The molecule has 112 valence electrons. The van der Waals surface area contributed by atoms with Crippen LogP contribution in [0, 0.1) is 11.7 Å². The molecule has 2 heterocycles. The first-order chi connectivity index (χ1) is 10.7. The first kappa shape index (κ1) is 13.1. The molecule has 0 spiro atoms. The molecule has 22 heavy (non-hydrogen) atoms. The number of tetrazole rings is 1. The zero-order valence-electron chi connectivity index (χ0n) is 12.1. The van der Waals surface area contributed by atoms with Crippen LogP contribution in [0.5, 0.6) is 0 Å². The Balaban J connectivity index is 1.71. The second-order valence-corrected chi connectivity index (χ2v) is 5.69. The van der Waals surface area contributed by atoms with Gasteiger partial charge in [0.25, 0.3) is 0 Å². The Bertz CT molecular complexity index is 830. The molecule has 2 unspecified atom stereocenters. The molecule has 1 aliphatic carbocycles. The van der Waals surface area contributed by atoms with Gasteiger partial charge < -0.3 is 5.32 Å². The molecule has 6 nitrogen and oxygen atoms in total. The number of aromatic nitrogens is 5. The standard InChI is InChI=1S/C15H15FN6/c1-9-5-6-10-11(3-2-4-12(10)16)15(9)17-13-7-8-14-18-20-21-22(14)19-13/h2-4,7-9,15H,5-6H2,1H3,(H,17,19). The van der Waals surface area contributed by atoms with Crippen LogP contribution in [0.2, 0.25) is 0 Å². The second kappa shape index (κ2) is 5.01. The molecule has 4 rings (SSSR count). The van der Waals surface area contributed by atoms with E-state index in [0.717, 1.165) is 24.0 Å². The number of benzene rings is 1. The maximum atomic E-state index is 14.0. The Morgan fingerprint density at radius 2 is 2.18 bits per heavy atom. The van der Waals surface area contributed by atoms with Crippen LogP contribution < -0.4 is 5.32 Å². The molecule has 0 saturated heterocycles. The Morgan fingerprint density at radius 1 is 1.27 bits per heavy atom. The van der Waals surface area contributed by atoms with Crippen LogP contribution in [0.15, 0.2) is 30.3 Å². The Kier molecular flexibility index (Phi) is 2.99. The zero-order chi connectivity index (χ0) is 15.1. The summed E-state index contributed by atoms with van der Waals surface area (Å²) in [7, 11) is 0. The smallest absolute Gasteiger partial charge is 0.200 e. The monoisotopic (exact) mass is 298 g/mol. The van der Waals surface area contributed by atoms with E-state index in [2.05, 4.69) is 32.9 Å². The number of anilines is 1. The minimum atomic E-state index is -0.125. The zero-order valence-corrected chi connectivity index (χ0v) is 12.1. The third-order valence-electron chi connectivity index (χ3n) is 4.28. The van der Waals surface area contributed by atoms with E-state index in [9.17, 15) is 4.39 Å². The lowest BCUT2D eigenvalue weighted by Crippen LogP contribution is -2.26. The van der Waals surface area contributed by atoms with Gasteiger partial charge in [-0.1, -0.05) is 19.1 Å². The van der Waals surface area contributed by atoms with E-state index in [1.807, 2.05) is 12.1 Å². The molecule has 1 N–H and O–H groups in total. The van der Waals surface area contributed by atoms with Gasteiger partial charge >= 0.3 is 0 Å². The summed E-state index contributed by atoms with van der Waals surface area (Å²) in [6.07, 6.45) is 1.72. The number of hydrogen-bond acceptors (Lipinski definition) is 5. The van der Waals surface area contributed by atoms with Gasteiger partial charge in [-0.3, -0.25) is 0 Å². The van der Waals surface area contributed by atoms with Crippen molar-refractivity contribution in [3.63, 3.8) is 0 Å². The summed E-state index contributed by atoms with van der Waals surface area (Å²) < 4.78 is 15.4. The lowest BCUT2D eigenvalue weighted by atomic mass is 9.80. The first-order valence-electron chi connectivity index (χ1n) is 7.31. The number of hydrogen-bond donors (Lipinski definition) is 1. The van der Waals surface area contributed by atoms with E-state index in [0.29, 0.717) is 17.4 Å². The molecule has 1 aliphatic rings. The van der Waals surface area contributed by atoms with Crippen molar-refractivity contribution in [2.75, 3.05) is 5.32 Å². The second-order valence-electron chi connectivity index (χ2n) is 5.69. The summed E-state index contributed by atoms with van der Waals surface area (Å²) in [6, 6.07) is 8.94. The van der Waals surface area contributed by atoms with Crippen molar-refractivity contribution >= 4 is 11.5 Å². The van der Waals surface area contributed by atoms with Gasteiger partial charge in [0.15, 0.2) is 5.65 Å². The Labute approximate surface area is 126 Å². The van der Waals surface area contributed by atoms with Crippen LogP contribution in [-0.4, -0.2) is 25.3 Å². The van der Waals surface area contributed by atoms with Crippen LogP contribution in [0.1, 0.15) is 30.5 Å². The molecule has 0 fully saturated rings. The maximum absolute atomic E-state index is 14.0. The molecule has 2 atom stereocenters. The molecule has 2 aromatic heterocycles. The lowest BCUT2D eigenvalue weighted by molar-refractivity contribution is 0.422. The fraction of sp³-hybridized carbons (Fsp3) is 0.333. The fourth-order valence-corrected chi connectivity index (χ4v) is 3.08. The first-order valence-corrected chi connectivity index (χ1v) is 7.31. The normalized spacial score (nSPS) is 20.8. The van der Waals surface area contributed by atoms with E-state index in [-0.39, 0.29) is 11.9 Å². The summed E-state index contributed by atoms with van der Waals surface area (Å²) >= 11 is 0. The van der Waals surface area contributed by atoms with Crippen molar-refractivity contribution in [1.29, 1.82) is 0 Å². The van der Waals surface area contributed by atoms with Gasteiger partial charge in [-0.05, 0) is 58.5 Å². The van der Waals surface area contributed by atoms with Crippen molar-refractivity contribution in [2.45, 2.75) is 25.8 Å². The van der Waals surface area contributed by atoms with Crippen LogP contribution in [0.3, 0.4) is 0 Å². The highest BCUT2D eigenvalue weighted by atomic mass is 19.1. The van der Waals surface area contributed by atoms with Gasteiger partial charge in [0.1, 0.15) is 11.6 Å². The predicted molar refractivity (Wildman–Crippen MR) is 78.8 cm³/mol. The van der Waals surface area contributed by atoms with Gasteiger partial charge in [0.2, 0.25) is 0 Å². The highest BCUT2D eigenvalue weighted by Crippen LogP contribution is 2.37. The minimum Gasteiger partial charge on any atom is -0.361 e. The molecule has 0 amide bonds. The SMILES string of the molecule is CC1CCc2c(F)cccc2C1Nc1ccc2nnnn2n1. The molecule has 1 aromatic carbocycles. The number of nitrogens with one attached hydrogen (secondary N) is 1. The van der Waals surface area contributed by atoms with Crippen molar-refractivity contribution in [1.82, 2.24) is 25.3 Å². The molecular weight excluding hydrogens is 283 g/mol. The minimum absolute atomic E-state index is 0.0286. The summed E-state index contributed by atoms with van der Waals surface area (Å²) in [4.78, 5) is 0. The Morgan fingerprint density at radius 3 is 3.09 bits per heavy atom. The summed E-state index contributed by atoms with van der Waals surface area (Å²) in [5.74, 6) is 0.939. The van der Waals surface area contributed by atoms with Gasteiger partial charge in [0, 0.05) is 0 Å². The number of nitrogens with zero attached hydrogens (tertiary/aromatic N) is 5. The van der Waals surface area contributed by atoms with E-state index >= 15 is 0 Å². The summed E-state index contributed by atoms with van der Waals surface area (Å²) in [6.45, 7) is 2.17. The van der Waals surface area contributed by atoms with Gasteiger partial charge in [-0.25, -0.2) is 4.39 Å². The number of fused-ring (bicyclic) bond motifs is 2. The van der Waals surface area contributed by atoms with Crippen molar-refractivity contribution < 1.29 is 4.39 Å². The van der Waals surface area contributed by atoms with E-state index < -0.39 is 0 Å². The summed E-state index contributed by atoms with van der Waals surface area (Å²) in [5, 5.41) is 18.9. The largest absolute Gasteiger partial charge is 0.361 e. The predicted octanol–water partition coefficient (Wildman–Crippen LogP) is 2.39. The van der Waals surface area contributed by atoms with Gasteiger partial charge in [0.05, 0.1) is 6.04 Å². The van der Waals surface area contributed by atoms with Crippen LogP contribution in [0.25, 0.3) is 5.65 Å². The van der Waals surface area contributed by atoms with E-state index in [1.54, 1.807) is 12.1 Å². The topological polar surface area (TPSA) is 68.0 Å². The molecule has 0 radical (unpaired) electrons. The number of rotatable bonds is 2. The Hall–Kier alpha value is -2.57. The summed E-state index contributed by atoms with van der Waals surface area (Å²) in [5.41, 5.74) is 2.41. The van der Waals surface area contributed by atoms with Crippen LogP contribution in [0.4, 0.5) is 10.2 Å². The van der Waals surface area contributed by atoms with Crippen LogP contribution >= 0.6 is 0 Å². The molecule has 0 aliphatic heterocycles. The average molecular weight is 298 g/mol. The molecular formula is C15H15FN6. The van der Waals surface area contributed by atoms with Crippen LogP contribution in [-0.2, 0) is 6.42 Å². The molecule has 0 bridgehead atoms. The third kappa shape index (κ3) is 2.09. The van der Waals surface area contributed by atoms with Gasteiger partial charge in [-0.2, -0.15) is 0 Å². The van der Waals surface area contributed by atoms with Crippen molar-refractivity contribution in [3.8, 4) is 0 Å². The highest BCUT2D eigenvalue weighted by Gasteiger charge is 2.28. The quantitative estimate of drug-likeness (QED) is 0.787. The van der Waals surface area contributed by atoms with Gasteiger partial charge in [-0.15, -0.1) is 14.8 Å². The molecule has 3 aromatic rings. The molecule has 0 saturated carbocycles. The number of halogens is 1. The van der Waals surface area contributed by atoms with E-state index in [1.165, 1.54) is 10.7 Å². The maximum Gasteiger partial charge on any atom is 0.200 e. The fourth-order valence-electron chi connectivity index (χ4n) is 3.08. The van der Waals surface area contributed by atoms with Crippen molar-refractivity contribution in [2.24, 2.45) is 5.92 Å². The average Bonchev–Trinajstić information content (AvgIpc) is 2.98.